The molecule has 1 N–H and O–H groups in total. The van der Waals surface area contributed by atoms with Crippen molar-refractivity contribution in [3.8, 4) is 0 Å². The van der Waals surface area contributed by atoms with Crippen LogP contribution in [0, 0.1) is 6.92 Å². The summed E-state index contributed by atoms with van der Waals surface area (Å²) in [5.41, 5.74) is 0. The molecule has 4 heteroatoms. The van der Waals surface area contributed by atoms with E-state index >= 15 is 0 Å². The Kier molecular flexibility index (Phi) is 6.09. The topological polar surface area (TPSA) is 45.5 Å². The first-order valence-corrected chi connectivity index (χ1v) is 7.02. The average molecular weight is 266 g/mol. The minimum atomic E-state index is 0.115. The second-order valence-electron chi connectivity index (χ2n) is 5.32. The van der Waals surface area contributed by atoms with Gasteiger partial charge in [-0.2, -0.15) is 0 Å². The highest BCUT2D eigenvalue weighted by Gasteiger charge is 2.18. The fourth-order valence-corrected chi connectivity index (χ4v) is 1.80. The maximum atomic E-state index is 12.2. The second-order valence-corrected chi connectivity index (χ2v) is 5.32. The van der Waals surface area contributed by atoms with Crippen molar-refractivity contribution >= 4 is 5.91 Å². The van der Waals surface area contributed by atoms with Gasteiger partial charge in [-0.05, 0) is 46.2 Å². The van der Waals surface area contributed by atoms with Gasteiger partial charge in [0.2, 0.25) is 5.91 Å². The highest BCUT2D eigenvalue weighted by Crippen LogP contribution is 2.12. The molecule has 4 nitrogen and oxygen atoms in total. The lowest BCUT2D eigenvalue weighted by Crippen LogP contribution is -2.43. The lowest BCUT2D eigenvalue weighted by Gasteiger charge is -2.26. The molecular formula is C15H26N2O2. The summed E-state index contributed by atoms with van der Waals surface area (Å²) < 4.78 is 5.55. The van der Waals surface area contributed by atoms with E-state index in [0.29, 0.717) is 19.1 Å². The van der Waals surface area contributed by atoms with E-state index in [-0.39, 0.29) is 11.9 Å². The third-order valence-electron chi connectivity index (χ3n) is 3.28. The van der Waals surface area contributed by atoms with Gasteiger partial charge in [0.1, 0.15) is 11.5 Å². The van der Waals surface area contributed by atoms with Crippen LogP contribution in [-0.2, 0) is 11.3 Å². The van der Waals surface area contributed by atoms with E-state index in [1.54, 1.807) is 0 Å². The first kappa shape index (κ1) is 15.8. The number of hydrogen-bond acceptors (Lipinski definition) is 3. The van der Waals surface area contributed by atoms with Crippen LogP contribution in [0.15, 0.2) is 16.5 Å². The average Bonchev–Trinajstić information content (AvgIpc) is 2.77. The first-order valence-electron chi connectivity index (χ1n) is 7.02. The van der Waals surface area contributed by atoms with Gasteiger partial charge >= 0.3 is 0 Å². The summed E-state index contributed by atoms with van der Waals surface area (Å²) in [7, 11) is 0. The van der Waals surface area contributed by atoms with Gasteiger partial charge in [-0.1, -0.05) is 6.92 Å². The standard InChI is InChI=1S/C15H26N2O2/c1-6-12(4)16-9-15(18)17(11(2)3)10-14-8-7-13(5)19-14/h7-8,11-12,16H,6,9-10H2,1-5H3. The quantitative estimate of drug-likeness (QED) is 0.825. The van der Waals surface area contributed by atoms with E-state index < -0.39 is 0 Å². The molecule has 19 heavy (non-hydrogen) atoms. The predicted octanol–water partition coefficient (Wildman–Crippen LogP) is 2.71. The summed E-state index contributed by atoms with van der Waals surface area (Å²) in [5, 5.41) is 3.24. The van der Waals surface area contributed by atoms with Crippen LogP contribution in [0.2, 0.25) is 0 Å². The zero-order valence-electron chi connectivity index (χ0n) is 12.7. The molecule has 0 fully saturated rings. The van der Waals surface area contributed by atoms with E-state index in [9.17, 15) is 4.79 Å². The number of aryl methyl sites for hydroxylation is 1. The van der Waals surface area contributed by atoms with Crippen molar-refractivity contribution in [2.24, 2.45) is 0 Å². The largest absolute Gasteiger partial charge is 0.464 e. The summed E-state index contributed by atoms with van der Waals surface area (Å²) in [5.74, 6) is 1.83. The molecule has 1 unspecified atom stereocenters. The lowest BCUT2D eigenvalue weighted by atomic mass is 10.2. The Labute approximate surface area is 116 Å². The normalized spacial score (nSPS) is 12.7. The Hall–Kier alpha value is -1.29. The van der Waals surface area contributed by atoms with Crippen LogP contribution in [0.4, 0.5) is 0 Å². The van der Waals surface area contributed by atoms with Crippen molar-refractivity contribution in [1.29, 1.82) is 0 Å². The molecule has 0 aliphatic rings. The van der Waals surface area contributed by atoms with Gasteiger partial charge in [0, 0.05) is 12.1 Å². The lowest BCUT2D eigenvalue weighted by molar-refractivity contribution is -0.133. The maximum absolute atomic E-state index is 12.2. The monoisotopic (exact) mass is 266 g/mol. The number of nitrogens with zero attached hydrogens (tertiary/aromatic N) is 1. The van der Waals surface area contributed by atoms with Gasteiger partial charge in [0.15, 0.2) is 0 Å². The maximum Gasteiger partial charge on any atom is 0.237 e. The number of carbonyl (C=O) groups is 1. The molecule has 0 aliphatic carbocycles. The fraction of sp³-hybridized carbons (Fsp3) is 0.667. The van der Waals surface area contributed by atoms with Gasteiger partial charge in [-0.15, -0.1) is 0 Å². The molecule has 0 saturated heterocycles. The van der Waals surface area contributed by atoms with Crippen molar-refractivity contribution in [2.75, 3.05) is 6.54 Å². The summed E-state index contributed by atoms with van der Waals surface area (Å²) in [4.78, 5) is 14.1. The Morgan fingerprint density at radius 1 is 1.37 bits per heavy atom. The molecule has 1 atom stereocenters. The van der Waals surface area contributed by atoms with Gasteiger partial charge in [-0.25, -0.2) is 0 Å². The van der Waals surface area contributed by atoms with Crippen molar-refractivity contribution in [3.05, 3.63) is 23.7 Å². The summed E-state index contributed by atoms with van der Waals surface area (Å²) >= 11 is 0. The molecular weight excluding hydrogens is 240 g/mol. The van der Waals surface area contributed by atoms with Crippen molar-refractivity contribution in [2.45, 2.75) is 59.7 Å². The van der Waals surface area contributed by atoms with Crippen LogP contribution >= 0.6 is 0 Å². The number of carbonyl (C=O) groups excluding carboxylic acids is 1. The molecule has 0 aromatic carbocycles. The van der Waals surface area contributed by atoms with Gasteiger partial charge in [0.05, 0.1) is 13.1 Å². The van der Waals surface area contributed by atoms with Gasteiger partial charge in [-0.3, -0.25) is 4.79 Å². The molecule has 1 aromatic heterocycles. The van der Waals surface area contributed by atoms with E-state index in [1.165, 1.54) is 0 Å². The smallest absolute Gasteiger partial charge is 0.237 e. The molecule has 0 saturated carbocycles. The molecule has 1 heterocycles. The third kappa shape index (κ3) is 5.07. The van der Waals surface area contributed by atoms with E-state index in [1.807, 2.05) is 37.8 Å². The first-order chi connectivity index (χ1) is 8.93. The Balaban J connectivity index is 2.59. The van der Waals surface area contributed by atoms with Crippen molar-refractivity contribution in [1.82, 2.24) is 10.2 Å². The minimum Gasteiger partial charge on any atom is -0.464 e. The third-order valence-corrected chi connectivity index (χ3v) is 3.28. The second kappa shape index (κ2) is 7.34. The molecule has 0 aliphatic heterocycles. The SMILES string of the molecule is CCC(C)NCC(=O)N(Cc1ccc(C)o1)C(C)C. The van der Waals surface area contributed by atoms with E-state index in [4.69, 9.17) is 4.42 Å². The number of furan rings is 1. The highest BCUT2D eigenvalue weighted by molar-refractivity contribution is 5.78. The van der Waals surface area contributed by atoms with Crippen LogP contribution in [-0.4, -0.2) is 29.4 Å². The van der Waals surface area contributed by atoms with Gasteiger partial charge in [0.25, 0.3) is 0 Å². The summed E-state index contributed by atoms with van der Waals surface area (Å²) in [6, 6.07) is 4.39. The number of hydrogen-bond donors (Lipinski definition) is 1. The zero-order valence-corrected chi connectivity index (χ0v) is 12.7. The summed E-state index contributed by atoms with van der Waals surface area (Å²) in [6.07, 6.45) is 1.02. The van der Waals surface area contributed by atoms with E-state index in [2.05, 4.69) is 19.2 Å². The Morgan fingerprint density at radius 3 is 2.53 bits per heavy atom. The number of rotatable bonds is 7. The summed E-state index contributed by atoms with van der Waals surface area (Å²) in [6.45, 7) is 11.1. The van der Waals surface area contributed by atoms with Crippen LogP contribution in [0.3, 0.4) is 0 Å². The zero-order chi connectivity index (χ0) is 14.4. The molecule has 0 bridgehead atoms. The molecule has 0 spiro atoms. The van der Waals surface area contributed by atoms with Crippen LogP contribution in [0.1, 0.15) is 45.6 Å². The molecule has 108 valence electrons. The van der Waals surface area contributed by atoms with Crippen LogP contribution < -0.4 is 5.32 Å². The predicted molar refractivity (Wildman–Crippen MR) is 76.9 cm³/mol. The molecule has 1 rings (SSSR count). The van der Waals surface area contributed by atoms with Crippen LogP contribution in [0.25, 0.3) is 0 Å². The number of amides is 1. The molecule has 1 amide bonds. The van der Waals surface area contributed by atoms with Crippen LogP contribution in [0.5, 0.6) is 0 Å². The van der Waals surface area contributed by atoms with Crippen molar-refractivity contribution in [3.63, 3.8) is 0 Å². The molecule has 0 radical (unpaired) electrons. The Bertz CT molecular complexity index is 399. The van der Waals surface area contributed by atoms with E-state index in [0.717, 1.165) is 17.9 Å². The van der Waals surface area contributed by atoms with Gasteiger partial charge < -0.3 is 14.6 Å². The fourth-order valence-electron chi connectivity index (χ4n) is 1.80. The minimum absolute atomic E-state index is 0.115. The number of nitrogens with one attached hydrogen (secondary N) is 1. The molecule has 1 aromatic rings. The highest BCUT2D eigenvalue weighted by atomic mass is 16.3. The Morgan fingerprint density at radius 2 is 2.05 bits per heavy atom. The van der Waals surface area contributed by atoms with Crippen molar-refractivity contribution < 1.29 is 9.21 Å².